The van der Waals surface area contributed by atoms with Gasteiger partial charge in [0.1, 0.15) is 0 Å². The molecule has 2 amide bonds. The molecule has 0 unspecified atom stereocenters. The van der Waals surface area contributed by atoms with Crippen molar-refractivity contribution in [2.45, 2.75) is 13.3 Å². The minimum absolute atomic E-state index is 0.227. The number of anilines is 1. The predicted molar refractivity (Wildman–Crippen MR) is 109 cm³/mol. The summed E-state index contributed by atoms with van der Waals surface area (Å²) in [7, 11) is 0. The first-order valence-corrected chi connectivity index (χ1v) is 9.01. The van der Waals surface area contributed by atoms with Gasteiger partial charge in [-0.05, 0) is 41.8 Å². The van der Waals surface area contributed by atoms with Gasteiger partial charge in [-0.25, -0.2) is 4.79 Å². The Labute approximate surface area is 169 Å². The SMILES string of the molecule is CCc1ccccc1NC(=O)CNC(=O)COC(=O)/C=C/c1ccc(C#N)cc1. The van der Waals surface area contributed by atoms with E-state index in [-0.39, 0.29) is 12.5 Å². The number of esters is 1. The molecule has 0 aliphatic carbocycles. The largest absolute Gasteiger partial charge is 0.452 e. The van der Waals surface area contributed by atoms with Gasteiger partial charge in [-0.3, -0.25) is 9.59 Å². The molecule has 29 heavy (non-hydrogen) atoms. The molecular formula is C22H21N3O4. The third-order valence-electron chi connectivity index (χ3n) is 3.92. The molecule has 0 spiro atoms. The first kappa shape index (κ1) is 21.4. The summed E-state index contributed by atoms with van der Waals surface area (Å²) in [6.07, 6.45) is 3.47. The summed E-state index contributed by atoms with van der Waals surface area (Å²) in [6.45, 7) is 1.27. The number of nitrogens with one attached hydrogen (secondary N) is 2. The van der Waals surface area contributed by atoms with E-state index in [4.69, 9.17) is 10.00 Å². The van der Waals surface area contributed by atoms with Crippen molar-refractivity contribution < 1.29 is 19.1 Å². The third kappa shape index (κ3) is 7.31. The Morgan fingerprint density at radius 2 is 1.79 bits per heavy atom. The van der Waals surface area contributed by atoms with Gasteiger partial charge in [0, 0.05) is 11.8 Å². The van der Waals surface area contributed by atoms with Crippen molar-refractivity contribution in [1.82, 2.24) is 5.32 Å². The summed E-state index contributed by atoms with van der Waals surface area (Å²) >= 11 is 0. The zero-order valence-corrected chi connectivity index (χ0v) is 16.0. The standard InChI is InChI=1S/C22H21N3O4/c1-2-18-5-3-4-6-19(18)25-20(26)14-24-21(27)15-29-22(28)12-11-16-7-9-17(13-23)10-8-16/h3-12H,2,14-15H2,1H3,(H,24,27)(H,25,26)/b12-11+. The van der Waals surface area contributed by atoms with Crippen molar-refractivity contribution in [3.05, 3.63) is 71.3 Å². The quantitative estimate of drug-likeness (QED) is 0.531. The number of benzene rings is 2. The third-order valence-corrected chi connectivity index (χ3v) is 3.92. The molecule has 0 aliphatic heterocycles. The van der Waals surface area contributed by atoms with Crippen LogP contribution in [-0.2, 0) is 25.5 Å². The van der Waals surface area contributed by atoms with Crippen LogP contribution in [0, 0.1) is 11.3 Å². The molecule has 0 radical (unpaired) electrons. The maximum absolute atomic E-state index is 12.0. The van der Waals surface area contributed by atoms with Gasteiger partial charge in [-0.15, -0.1) is 0 Å². The van der Waals surface area contributed by atoms with Gasteiger partial charge in [0.2, 0.25) is 5.91 Å². The van der Waals surface area contributed by atoms with Crippen molar-refractivity contribution in [3.8, 4) is 6.07 Å². The van der Waals surface area contributed by atoms with E-state index < -0.39 is 18.5 Å². The number of para-hydroxylation sites is 1. The van der Waals surface area contributed by atoms with Crippen LogP contribution >= 0.6 is 0 Å². The lowest BCUT2D eigenvalue weighted by Gasteiger charge is -2.10. The molecule has 7 nitrogen and oxygen atoms in total. The second kappa shape index (κ2) is 11.0. The average Bonchev–Trinajstić information content (AvgIpc) is 2.75. The maximum atomic E-state index is 12.0. The second-order valence-corrected chi connectivity index (χ2v) is 6.01. The normalized spacial score (nSPS) is 10.2. The van der Waals surface area contributed by atoms with E-state index in [1.165, 1.54) is 12.2 Å². The van der Waals surface area contributed by atoms with E-state index in [0.717, 1.165) is 17.5 Å². The fourth-order valence-corrected chi connectivity index (χ4v) is 2.39. The number of hydrogen-bond acceptors (Lipinski definition) is 5. The molecule has 0 aliphatic rings. The van der Waals surface area contributed by atoms with Crippen molar-refractivity contribution in [2.24, 2.45) is 0 Å². The topological polar surface area (TPSA) is 108 Å². The van der Waals surface area contributed by atoms with E-state index in [1.54, 1.807) is 30.3 Å². The van der Waals surface area contributed by atoms with Crippen LogP contribution in [0.25, 0.3) is 6.08 Å². The lowest BCUT2D eigenvalue weighted by atomic mass is 10.1. The number of nitriles is 1. The predicted octanol–water partition coefficient (Wildman–Crippen LogP) is 2.43. The first-order chi connectivity index (χ1) is 14.0. The Bertz CT molecular complexity index is 943. The minimum atomic E-state index is -0.689. The van der Waals surface area contributed by atoms with Crippen LogP contribution in [0.15, 0.2) is 54.6 Å². The summed E-state index contributed by atoms with van der Waals surface area (Å²) in [4.78, 5) is 35.4. The van der Waals surface area contributed by atoms with Gasteiger partial charge in [0.25, 0.3) is 5.91 Å². The number of carbonyl (C=O) groups excluding carboxylic acids is 3. The van der Waals surface area contributed by atoms with E-state index in [9.17, 15) is 14.4 Å². The highest BCUT2D eigenvalue weighted by Gasteiger charge is 2.09. The maximum Gasteiger partial charge on any atom is 0.331 e. The fraction of sp³-hybridized carbons (Fsp3) is 0.182. The van der Waals surface area contributed by atoms with Crippen molar-refractivity contribution in [2.75, 3.05) is 18.5 Å². The van der Waals surface area contributed by atoms with Crippen LogP contribution < -0.4 is 10.6 Å². The summed E-state index contributed by atoms with van der Waals surface area (Å²) in [5.41, 5.74) is 2.93. The fourth-order valence-electron chi connectivity index (χ4n) is 2.39. The zero-order valence-electron chi connectivity index (χ0n) is 16.0. The van der Waals surface area contributed by atoms with Crippen LogP contribution in [0.3, 0.4) is 0 Å². The van der Waals surface area contributed by atoms with Crippen molar-refractivity contribution >= 4 is 29.5 Å². The summed E-state index contributed by atoms with van der Waals surface area (Å²) in [5, 5.41) is 13.9. The molecule has 2 aromatic rings. The molecule has 0 heterocycles. The van der Waals surface area contributed by atoms with Gasteiger partial charge in [-0.2, -0.15) is 5.26 Å². The smallest absolute Gasteiger partial charge is 0.331 e. The summed E-state index contributed by atoms with van der Waals surface area (Å²) in [5.74, 6) is -1.64. The Hall–Kier alpha value is -3.92. The second-order valence-electron chi connectivity index (χ2n) is 6.01. The van der Waals surface area contributed by atoms with Gasteiger partial charge >= 0.3 is 5.97 Å². The molecule has 0 aromatic heterocycles. The molecule has 0 saturated heterocycles. The van der Waals surface area contributed by atoms with Gasteiger partial charge in [-0.1, -0.05) is 37.3 Å². The van der Waals surface area contributed by atoms with Crippen LogP contribution in [0.4, 0.5) is 5.69 Å². The van der Waals surface area contributed by atoms with Crippen LogP contribution in [0.2, 0.25) is 0 Å². The highest BCUT2D eigenvalue weighted by atomic mass is 16.5. The zero-order chi connectivity index (χ0) is 21.1. The van der Waals surface area contributed by atoms with Crippen LogP contribution in [0.1, 0.15) is 23.6 Å². The number of nitrogens with zero attached hydrogens (tertiary/aromatic N) is 1. The number of hydrogen-bond donors (Lipinski definition) is 2. The lowest BCUT2D eigenvalue weighted by molar-refractivity contribution is -0.143. The Balaban J connectivity index is 1.72. The molecule has 0 saturated carbocycles. The first-order valence-electron chi connectivity index (χ1n) is 9.01. The molecule has 2 aromatic carbocycles. The van der Waals surface area contributed by atoms with E-state index in [1.807, 2.05) is 31.2 Å². The number of ether oxygens (including phenoxy) is 1. The van der Waals surface area contributed by atoms with E-state index in [0.29, 0.717) is 11.3 Å². The molecule has 7 heteroatoms. The Morgan fingerprint density at radius 3 is 2.48 bits per heavy atom. The molecule has 0 atom stereocenters. The Morgan fingerprint density at radius 1 is 1.07 bits per heavy atom. The van der Waals surface area contributed by atoms with Crippen molar-refractivity contribution in [3.63, 3.8) is 0 Å². The summed E-state index contributed by atoms with van der Waals surface area (Å²) < 4.78 is 4.84. The molecule has 0 bridgehead atoms. The molecule has 0 fully saturated rings. The molecule has 148 valence electrons. The number of carbonyl (C=O) groups is 3. The van der Waals surface area contributed by atoms with Crippen LogP contribution in [0.5, 0.6) is 0 Å². The summed E-state index contributed by atoms with van der Waals surface area (Å²) in [6, 6.07) is 16.0. The number of amides is 2. The van der Waals surface area contributed by atoms with Gasteiger partial charge in [0.05, 0.1) is 18.2 Å². The molecule has 2 rings (SSSR count). The number of rotatable bonds is 8. The lowest BCUT2D eigenvalue weighted by Crippen LogP contribution is -2.35. The monoisotopic (exact) mass is 391 g/mol. The van der Waals surface area contributed by atoms with E-state index >= 15 is 0 Å². The average molecular weight is 391 g/mol. The Kier molecular flexibility index (Phi) is 8.14. The molecule has 2 N–H and O–H groups in total. The van der Waals surface area contributed by atoms with E-state index in [2.05, 4.69) is 10.6 Å². The van der Waals surface area contributed by atoms with Gasteiger partial charge in [0.15, 0.2) is 6.61 Å². The highest BCUT2D eigenvalue weighted by Crippen LogP contribution is 2.14. The van der Waals surface area contributed by atoms with Crippen LogP contribution in [-0.4, -0.2) is 30.9 Å². The minimum Gasteiger partial charge on any atom is -0.452 e. The highest BCUT2D eigenvalue weighted by molar-refractivity contribution is 5.95. The number of aryl methyl sites for hydroxylation is 1. The van der Waals surface area contributed by atoms with Gasteiger partial charge < -0.3 is 15.4 Å². The van der Waals surface area contributed by atoms with Crippen molar-refractivity contribution in [1.29, 1.82) is 5.26 Å². The molecular weight excluding hydrogens is 370 g/mol.